The summed E-state index contributed by atoms with van der Waals surface area (Å²) in [6.07, 6.45) is 3.04. The van der Waals surface area contributed by atoms with Crippen molar-refractivity contribution in [3.05, 3.63) is 35.1 Å². The zero-order chi connectivity index (χ0) is 13.6. The molecular weight excluding hydrogens is 227 g/mol. The van der Waals surface area contributed by atoms with Gasteiger partial charge < -0.3 is 5.32 Å². The van der Waals surface area contributed by atoms with Crippen molar-refractivity contribution in [2.45, 2.75) is 52.1 Å². The maximum atomic E-state index is 13.9. The SMILES string of the molecule is CCC(CC)(CC)NCc1cccc(C#N)c1F. The lowest BCUT2D eigenvalue weighted by Gasteiger charge is -2.32. The van der Waals surface area contributed by atoms with Crippen LogP contribution in [0.5, 0.6) is 0 Å². The molecule has 0 saturated heterocycles. The van der Waals surface area contributed by atoms with Crippen LogP contribution in [0.3, 0.4) is 0 Å². The molecule has 98 valence electrons. The van der Waals surface area contributed by atoms with Gasteiger partial charge in [-0.3, -0.25) is 0 Å². The number of nitrogens with one attached hydrogen (secondary N) is 1. The van der Waals surface area contributed by atoms with E-state index in [0.717, 1.165) is 19.3 Å². The molecule has 0 heterocycles. The smallest absolute Gasteiger partial charge is 0.145 e. The Bertz CT molecular complexity index is 422. The third-order valence-corrected chi connectivity index (χ3v) is 3.88. The molecule has 0 spiro atoms. The summed E-state index contributed by atoms with van der Waals surface area (Å²) in [6.45, 7) is 6.89. The highest BCUT2D eigenvalue weighted by Crippen LogP contribution is 2.21. The number of rotatable bonds is 6. The van der Waals surface area contributed by atoms with Crippen molar-refractivity contribution in [1.82, 2.24) is 5.32 Å². The first-order chi connectivity index (χ1) is 8.62. The molecule has 1 aromatic carbocycles. The molecule has 0 radical (unpaired) electrons. The van der Waals surface area contributed by atoms with E-state index in [0.29, 0.717) is 12.1 Å². The van der Waals surface area contributed by atoms with Gasteiger partial charge in [0.1, 0.15) is 11.9 Å². The van der Waals surface area contributed by atoms with Gasteiger partial charge in [-0.05, 0) is 25.3 Å². The summed E-state index contributed by atoms with van der Waals surface area (Å²) in [7, 11) is 0. The summed E-state index contributed by atoms with van der Waals surface area (Å²) < 4.78 is 13.9. The Morgan fingerprint density at radius 2 is 1.83 bits per heavy atom. The Morgan fingerprint density at radius 3 is 2.33 bits per heavy atom. The van der Waals surface area contributed by atoms with Crippen LogP contribution in [-0.2, 0) is 6.54 Å². The largest absolute Gasteiger partial charge is 0.307 e. The third-order valence-electron chi connectivity index (χ3n) is 3.88. The van der Waals surface area contributed by atoms with Crippen LogP contribution in [0.25, 0.3) is 0 Å². The van der Waals surface area contributed by atoms with Crippen LogP contribution in [0, 0.1) is 17.1 Å². The van der Waals surface area contributed by atoms with Crippen LogP contribution in [0.15, 0.2) is 18.2 Å². The average molecular weight is 248 g/mol. The number of hydrogen-bond donors (Lipinski definition) is 1. The normalized spacial score (nSPS) is 11.3. The minimum atomic E-state index is -0.398. The molecule has 2 nitrogen and oxygen atoms in total. The van der Waals surface area contributed by atoms with Crippen LogP contribution in [-0.4, -0.2) is 5.54 Å². The molecule has 0 amide bonds. The fourth-order valence-corrected chi connectivity index (χ4v) is 2.21. The molecule has 0 aliphatic rings. The van der Waals surface area contributed by atoms with Gasteiger partial charge in [0.25, 0.3) is 0 Å². The van der Waals surface area contributed by atoms with Gasteiger partial charge in [-0.1, -0.05) is 32.9 Å². The highest BCUT2D eigenvalue weighted by molar-refractivity contribution is 5.34. The summed E-state index contributed by atoms with van der Waals surface area (Å²) in [5, 5.41) is 12.2. The van der Waals surface area contributed by atoms with Crippen molar-refractivity contribution in [3.8, 4) is 6.07 Å². The lowest BCUT2D eigenvalue weighted by atomic mass is 9.89. The summed E-state index contributed by atoms with van der Waals surface area (Å²) in [5.41, 5.74) is 0.743. The van der Waals surface area contributed by atoms with Gasteiger partial charge in [0.05, 0.1) is 5.56 Å². The van der Waals surface area contributed by atoms with Crippen LogP contribution in [0.2, 0.25) is 0 Å². The van der Waals surface area contributed by atoms with E-state index in [9.17, 15) is 4.39 Å². The van der Waals surface area contributed by atoms with Crippen LogP contribution < -0.4 is 5.32 Å². The molecule has 0 fully saturated rings. The standard InChI is InChI=1S/C15H21FN2/c1-4-15(5-2,6-3)18-11-13-9-7-8-12(10-17)14(13)16/h7-9,18H,4-6,11H2,1-3H3. The summed E-state index contributed by atoms with van der Waals surface area (Å²) in [4.78, 5) is 0. The lowest BCUT2D eigenvalue weighted by Crippen LogP contribution is -2.43. The van der Waals surface area contributed by atoms with Crippen LogP contribution in [0.1, 0.15) is 51.2 Å². The van der Waals surface area contributed by atoms with Crippen molar-refractivity contribution >= 4 is 0 Å². The molecule has 1 aromatic rings. The summed E-state index contributed by atoms with van der Waals surface area (Å²) in [6, 6.07) is 6.83. The minimum absolute atomic E-state index is 0.0646. The van der Waals surface area contributed by atoms with Gasteiger partial charge in [0.15, 0.2) is 0 Å². The number of hydrogen-bond acceptors (Lipinski definition) is 2. The van der Waals surface area contributed by atoms with E-state index in [-0.39, 0.29) is 11.1 Å². The number of benzene rings is 1. The van der Waals surface area contributed by atoms with E-state index in [4.69, 9.17) is 5.26 Å². The highest BCUT2D eigenvalue weighted by Gasteiger charge is 2.23. The van der Waals surface area contributed by atoms with Gasteiger partial charge in [0.2, 0.25) is 0 Å². The Kier molecular flexibility index (Phi) is 5.30. The van der Waals surface area contributed by atoms with Crippen molar-refractivity contribution in [3.63, 3.8) is 0 Å². The van der Waals surface area contributed by atoms with Crippen LogP contribution >= 0.6 is 0 Å². The second-order valence-corrected chi connectivity index (χ2v) is 4.59. The molecule has 0 bridgehead atoms. The van der Waals surface area contributed by atoms with E-state index in [1.54, 1.807) is 12.1 Å². The first kappa shape index (κ1) is 14.7. The van der Waals surface area contributed by atoms with E-state index in [1.165, 1.54) is 6.07 Å². The monoisotopic (exact) mass is 248 g/mol. The molecule has 0 unspecified atom stereocenters. The first-order valence-corrected chi connectivity index (χ1v) is 6.55. The van der Waals surface area contributed by atoms with Gasteiger partial charge >= 0.3 is 0 Å². The molecule has 1 rings (SSSR count). The van der Waals surface area contributed by atoms with E-state index >= 15 is 0 Å². The first-order valence-electron chi connectivity index (χ1n) is 6.55. The Labute approximate surface area is 109 Å². The molecule has 3 heteroatoms. The predicted octanol–water partition coefficient (Wildman–Crippen LogP) is 3.76. The molecule has 0 aromatic heterocycles. The van der Waals surface area contributed by atoms with Crippen molar-refractivity contribution in [2.75, 3.05) is 0 Å². The van der Waals surface area contributed by atoms with Crippen molar-refractivity contribution < 1.29 is 4.39 Å². The fourth-order valence-electron chi connectivity index (χ4n) is 2.21. The molecular formula is C15H21FN2. The molecule has 0 aliphatic heterocycles. The van der Waals surface area contributed by atoms with Gasteiger partial charge in [-0.25, -0.2) is 4.39 Å². The lowest BCUT2D eigenvalue weighted by molar-refractivity contribution is 0.286. The molecule has 0 saturated carbocycles. The Morgan fingerprint density at radius 1 is 1.22 bits per heavy atom. The summed E-state index contributed by atoms with van der Waals surface area (Å²) in [5.74, 6) is -0.398. The second-order valence-electron chi connectivity index (χ2n) is 4.59. The molecule has 0 aliphatic carbocycles. The number of nitriles is 1. The predicted molar refractivity (Wildman–Crippen MR) is 71.6 cm³/mol. The molecule has 1 N–H and O–H groups in total. The number of halogens is 1. The maximum absolute atomic E-state index is 13.9. The fraction of sp³-hybridized carbons (Fsp3) is 0.533. The van der Waals surface area contributed by atoms with Gasteiger partial charge in [0, 0.05) is 17.6 Å². The zero-order valence-electron chi connectivity index (χ0n) is 11.4. The Balaban J connectivity index is 2.84. The maximum Gasteiger partial charge on any atom is 0.145 e. The highest BCUT2D eigenvalue weighted by atomic mass is 19.1. The minimum Gasteiger partial charge on any atom is -0.307 e. The Hall–Kier alpha value is -1.40. The second kappa shape index (κ2) is 6.51. The van der Waals surface area contributed by atoms with Gasteiger partial charge in [-0.15, -0.1) is 0 Å². The number of nitrogens with zero attached hydrogens (tertiary/aromatic N) is 1. The average Bonchev–Trinajstić information content (AvgIpc) is 2.42. The van der Waals surface area contributed by atoms with Gasteiger partial charge in [-0.2, -0.15) is 5.26 Å². The topological polar surface area (TPSA) is 35.8 Å². The van der Waals surface area contributed by atoms with Crippen molar-refractivity contribution in [2.24, 2.45) is 0 Å². The quantitative estimate of drug-likeness (QED) is 0.832. The summed E-state index contributed by atoms with van der Waals surface area (Å²) >= 11 is 0. The zero-order valence-corrected chi connectivity index (χ0v) is 11.4. The van der Waals surface area contributed by atoms with E-state index in [1.807, 2.05) is 6.07 Å². The molecule has 0 atom stereocenters. The van der Waals surface area contributed by atoms with E-state index in [2.05, 4.69) is 26.1 Å². The van der Waals surface area contributed by atoms with Crippen molar-refractivity contribution in [1.29, 1.82) is 5.26 Å². The molecule has 18 heavy (non-hydrogen) atoms. The third kappa shape index (κ3) is 3.08. The van der Waals surface area contributed by atoms with E-state index < -0.39 is 5.82 Å². The van der Waals surface area contributed by atoms with Crippen LogP contribution in [0.4, 0.5) is 4.39 Å².